The quantitative estimate of drug-likeness (QED) is 0.418. The van der Waals surface area contributed by atoms with Crippen molar-refractivity contribution in [2.75, 3.05) is 25.5 Å². The van der Waals surface area contributed by atoms with Gasteiger partial charge in [-0.15, -0.1) is 0 Å². The minimum atomic E-state index is -0.272. The number of fused-ring (bicyclic) bond motifs is 1. The van der Waals surface area contributed by atoms with Crippen LogP contribution in [0, 0.1) is 6.92 Å². The van der Waals surface area contributed by atoms with E-state index < -0.39 is 0 Å². The molecule has 8 nitrogen and oxygen atoms in total. The molecule has 4 rings (SSSR count). The van der Waals surface area contributed by atoms with E-state index in [-0.39, 0.29) is 11.5 Å². The number of carbonyl (C=O) groups excluding carboxylic acids is 1. The van der Waals surface area contributed by atoms with Crippen molar-refractivity contribution < 1.29 is 9.53 Å². The second-order valence-electron chi connectivity index (χ2n) is 8.96. The number of benzene rings is 2. The van der Waals surface area contributed by atoms with E-state index in [1.165, 1.54) is 0 Å². The Labute approximate surface area is 204 Å². The summed E-state index contributed by atoms with van der Waals surface area (Å²) < 4.78 is 9.08. The lowest BCUT2D eigenvalue weighted by Crippen LogP contribution is -2.30. The predicted octanol–water partition coefficient (Wildman–Crippen LogP) is 4.00. The second-order valence-corrected chi connectivity index (χ2v) is 8.96. The first-order valence-corrected chi connectivity index (χ1v) is 11.6. The van der Waals surface area contributed by atoms with Gasteiger partial charge >= 0.3 is 0 Å². The van der Waals surface area contributed by atoms with Gasteiger partial charge in [0, 0.05) is 37.5 Å². The topological polar surface area (TPSA) is 81.4 Å². The van der Waals surface area contributed by atoms with E-state index in [4.69, 9.17) is 4.74 Å². The summed E-state index contributed by atoms with van der Waals surface area (Å²) in [5.74, 6) is 0.975. The van der Waals surface area contributed by atoms with E-state index in [0.717, 1.165) is 17.5 Å². The second kappa shape index (κ2) is 10.1. The summed E-state index contributed by atoms with van der Waals surface area (Å²) in [5, 5.41) is 8.31. The number of aryl methyl sites for hydroxylation is 2. The van der Waals surface area contributed by atoms with Gasteiger partial charge in [-0.2, -0.15) is 5.10 Å². The van der Waals surface area contributed by atoms with Crippen LogP contribution >= 0.6 is 0 Å². The predicted molar refractivity (Wildman–Crippen MR) is 139 cm³/mol. The molecule has 0 saturated carbocycles. The van der Waals surface area contributed by atoms with Gasteiger partial charge in [0.15, 0.2) is 0 Å². The van der Waals surface area contributed by atoms with Crippen LogP contribution in [0.4, 0.5) is 5.82 Å². The molecule has 0 unspecified atom stereocenters. The first-order valence-electron chi connectivity index (χ1n) is 11.6. The highest BCUT2D eigenvalue weighted by molar-refractivity contribution is 6.04. The molecule has 0 atom stereocenters. The molecule has 0 spiro atoms. The van der Waals surface area contributed by atoms with Crippen molar-refractivity contribution in [2.45, 2.75) is 26.8 Å². The fourth-order valence-corrected chi connectivity index (χ4v) is 3.76. The van der Waals surface area contributed by atoms with E-state index in [1.807, 2.05) is 31.2 Å². The Morgan fingerprint density at radius 3 is 2.66 bits per heavy atom. The molecule has 8 heteroatoms. The highest BCUT2D eigenvalue weighted by Crippen LogP contribution is 2.21. The summed E-state index contributed by atoms with van der Waals surface area (Å²) in [6.07, 6.45) is 3.36. The number of amides is 1. The molecule has 35 heavy (non-hydrogen) atoms. The Morgan fingerprint density at radius 1 is 1.14 bits per heavy atom. The largest absolute Gasteiger partial charge is 0.492 e. The number of nitrogens with zero attached hydrogens (tertiary/aromatic N) is 4. The number of carbonyl (C=O) groups is 1. The third-order valence-corrected chi connectivity index (χ3v) is 6.26. The molecule has 2 aromatic heterocycles. The van der Waals surface area contributed by atoms with Crippen molar-refractivity contribution in [1.29, 1.82) is 0 Å². The van der Waals surface area contributed by atoms with E-state index in [1.54, 1.807) is 53.0 Å². The number of rotatable bonds is 8. The minimum absolute atomic E-state index is 0.167. The number of hydrogen-bond donors (Lipinski definition) is 1. The van der Waals surface area contributed by atoms with Gasteiger partial charge in [0.2, 0.25) is 0 Å². The van der Waals surface area contributed by atoms with Crippen LogP contribution in [0.25, 0.3) is 16.5 Å². The molecule has 0 bridgehead atoms. The van der Waals surface area contributed by atoms with Gasteiger partial charge in [-0.1, -0.05) is 12.1 Å². The maximum absolute atomic E-state index is 13.5. The Kier molecular flexibility index (Phi) is 7.02. The van der Waals surface area contributed by atoms with Crippen molar-refractivity contribution in [2.24, 2.45) is 7.05 Å². The number of ether oxygens (including phenoxy) is 1. The number of hydrogen-bond acceptors (Lipinski definition) is 5. The van der Waals surface area contributed by atoms with Crippen LogP contribution in [0.15, 0.2) is 65.7 Å². The summed E-state index contributed by atoms with van der Waals surface area (Å²) in [5.41, 5.74) is 1.82. The van der Waals surface area contributed by atoms with Gasteiger partial charge in [-0.25, -0.2) is 0 Å². The number of anilines is 1. The van der Waals surface area contributed by atoms with Crippen LogP contribution in [-0.2, 0) is 7.05 Å². The zero-order valence-electron chi connectivity index (χ0n) is 20.8. The zero-order chi connectivity index (χ0) is 25.1. The molecule has 0 radical (unpaired) electrons. The van der Waals surface area contributed by atoms with Crippen molar-refractivity contribution in [3.8, 4) is 11.4 Å². The maximum Gasteiger partial charge on any atom is 0.263 e. The van der Waals surface area contributed by atoms with E-state index >= 15 is 0 Å². The molecule has 0 aliphatic heterocycles. The van der Waals surface area contributed by atoms with Gasteiger partial charge in [0.25, 0.3) is 11.5 Å². The summed E-state index contributed by atoms with van der Waals surface area (Å²) in [4.78, 5) is 28.5. The molecular formula is C27H31N5O3. The van der Waals surface area contributed by atoms with Crippen LogP contribution in [0.2, 0.25) is 0 Å². The highest BCUT2D eigenvalue weighted by Gasteiger charge is 2.13. The molecule has 0 saturated heterocycles. The Balaban J connectivity index is 1.63. The van der Waals surface area contributed by atoms with Crippen molar-refractivity contribution in [3.63, 3.8) is 0 Å². The fourth-order valence-electron chi connectivity index (χ4n) is 3.76. The third-order valence-electron chi connectivity index (χ3n) is 6.26. The van der Waals surface area contributed by atoms with Crippen LogP contribution < -0.4 is 15.6 Å². The van der Waals surface area contributed by atoms with Gasteiger partial charge in [0.1, 0.15) is 18.2 Å². The molecule has 0 aliphatic rings. The Hall–Kier alpha value is -3.91. The standard InChI is InChI=1S/C27H31N5O3/c1-18(2)30(4)14-15-35-22-9-8-20-11-13-32(27(34)23(20)17-22)24-16-21(7-6-19(24)3)26(33)29-25-10-12-28-31(25)5/h6-13,16-18H,14-15H2,1-5H3,(H,29,33). The normalized spacial score (nSPS) is 11.4. The van der Waals surface area contributed by atoms with Crippen molar-refractivity contribution in [1.82, 2.24) is 19.2 Å². The Morgan fingerprint density at radius 2 is 1.94 bits per heavy atom. The van der Waals surface area contributed by atoms with Crippen LogP contribution in [0.1, 0.15) is 29.8 Å². The summed E-state index contributed by atoms with van der Waals surface area (Å²) >= 11 is 0. The third kappa shape index (κ3) is 5.27. The first kappa shape index (κ1) is 24.2. The number of nitrogens with one attached hydrogen (secondary N) is 1. The van der Waals surface area contributed by atoms with Crippen molar-refractivity contribution in [3.05, 3.63) is 82.4 Å². The van der Waals surface area contributed by atoms with E-state index in [2.05, 4.69) is 36.2 Å². The smallest absolute Gasteiger partial charge is 0.263 e. The van der Waals surface area contributed by atoms with Gasteiger partial charge in [0.05, 0.1) is 17.3 Å². The summed E-state index contributed by atoms with van der Waals surface area (Å²) in [6, 6.07) is 15.0. The number of likely N-dealkylation sites (N-methyl/N-ethyl adjacent to an activating group) is 1. The van der Waals surface area contributed by atoms with Gasteiger partial charge in [-0.3, -0.25) is 18.8 Å². The summed E-state index contributed by atoms with van der Waals surface area (Å²) in [7, 11) is 3.81. The molecule has 182 valence electrons. The molecule has 0 aliphatic carbocycles. The molecule has 1 N–H and O–H groups in total. The van der Waals surface area contributed by atoms with E-state index in [9.17, 15) is 9.59 Å². The molecule has 2 aromatic carbocycles. The van der Waals surface area contributed by atoms with Crippen LogP contribution in [0.3, 0.4) is 0 Å². The SMILES string of the molecule is Cc1ccc(C(=O)Nc2ccnn2C)cc1-n1ccc2ccc(OCCN(C)C(C)C)cc2c1=O. The monoisotopic (exact) mass is 473 g/mol. The van der Waals surface area contributed by atoms with Crippen LogP contribution in [-0.4, -0.2) is 51.4 Å². The summed E-state index contributed by atoms with van der Waals surface area (Å²) in [6.45, 7) is 7.52. The molecule has 2 heterocycles. The zero-order valence-corrected chi connectivity index (χ0v) is 20.8. The average molecular weight is 474 g/mol. The maximum atomic E-state index is 13.5. The van der Waals surface area contributed by atoms with Gasteiger partial charge < -0.3 is 15.0 Å². The lowest BCUT2D eigenvalue weighted by Gasteiger charge is -2.20. The molecule has 4 aromatic rings. The number of aromatic nitrogens is 3. The molecular weight excluding hydrogens is 442 g/mol. The van der Waals surface area contributed by atoms with Crippen LogP contribution in [0.5, 0.6) is 5.75 Å². The highest BCUT2D eigenvalue weighted by atomic mass is 16.5. The van der Waals surface area contributed by atoms with Crippen molar-refractivity contribution >= 4 is 22.5 Å². The first-order chi connectivity index (χ1) is 16.7. The lowest BCUT2D eigenvalue weighted by atomic mass is 10.1. The Bertz CT molecular complexity index is 1420. The van der Waals surface area contributed by atoms with E-state index in [0.29, 0.717) is 40.9 Å². The fraction of sp³-hybridized carbons (Fsp3) is 0.296. The molecule has 0 fully saturated rings. The van der Waals surface area contributed by atoms with Gasteiger partial charge in [-0.05, 0) is 69.1 Å². The average Bonchev–Trinajstić information content (AvgIpc) is 3.24. The minimum Gasteiger partial charge on any atom is -0.492 e. The lowest BCUT2D eigenvalue weighted by molar-refractivity contribution is 0.102. The molecule has 1 amide bonds. The number of pyridine rings is 1.